The molecule has 2 nitrogen and oxygen atoms in total. The number of nitrogens with zero attached hydrogens (tertiary/aromatic N) is 2. The molecule has 1 aromatic rings. The quantitative estimate of drug-likeness (QED) is 0.419. The fourth-order valence-corrected chi connectivity index (χ4v) is 1.31. The van der Waals surface area contributed by atoms with Crippen LogP contribution in [-0.2, 0) is 14.1 Å². The smallest absolute Gasteiger partial charge is 0.224 e. The van der Waals surface area contributed by atoms with Gasteiger partial charge in [-0.3, -0.25) is 0 Å². The summed E-state index contributed by atoms with van der Waals surface area (Å²) in [4.78, 5) is 0. The molecule has 0 saturated heterocycles. The molecule has 0 amide bonds. The zero-order valence-electron chi connectivity index (χ0n) is 7.38. The van der Waals surface area contributed by atoms with Crippen molar-refractivity contribution in [3.8, 4) is 0 Å². The molecule has 60 valence electrons. The van der Waals surface area contributed by atoms with Crippen molar-refractivity contribution in [1.82, 2.24) is 4.57 Å². The summed E-state index contributed by atoms with van der Waals surface area (Å²) in [5.74, 6) is 0. The van der Waals surface area contributed by atoms with Gasteiger partial charge in [0.15, 0.2) is 0 Å². The third kappa shape index (κ3) is 1.33. The predicted octanol–water partition coefficient (Wildman–Crippen LogP) is 1.20. The number of rotatable bonds is 0. The molecule has 0 atom stereocenters. The second-order valence-corrected chi connectivity index (χ2v) is 3.19. The molecule has 3 heteroatoms. The Morgan fingerprint density at radius 2 is 2.00 bits per heavy atom. The molecule has 0 radical (unpaired) electrons. The third-order valence-corrected chi connectivity index (χ3v) is 2.60. The van der Waals surface area contributed by atoms with Crippen molar-refractivity contribution in [2.75, 3.05) is 0 Å². The van der Waals surface area contributed by atoms with Gasteiger partial charge >= 0.3 is 4.77 Å². The Kier molecular flexibility index (Phi) is 2.09. The van der Waals surface area contributed by atoms with E-state index >= 15 is 0 Å². The fourth-order valence-electron chi connectivity index (χ4n) is 1.02. The molecule has 0 N–H and O–H groups in total. The van der Waals surface area contributed by atoms with Crippen molar-refractivity contribution in [2.24, 2.45) is 14.1 Å². The van der Waals surface area contributed by atoms with Crippen molar-refractivity contribution in [2.45, 2.75) is 13.8 Å². The van der Waals surface area contributed by atoms with Crippen LogP contribution in [0.25, 0.3) is 0 Å². The van der Waals surface area contributed by atoms with Crippen LogP contribution in [-0.4, -0.2) is 4.57 Å². The summed E-state index contributed by atoms with van der Waals surface area (Å²) in [5.41, 5.74) is 2.40. The maximum absolute atomic E-state index is 5.20. The summed E-state index contributed by atoms with van der Waals surface area (Å²) in [6.07, 6.45) is 0. The van der Waals surface area contributed by atoms with Gasteiger partial charge in [0.25, 0.3) is 0 Å². The maximum Gasteiger partial charge on any atom is 0.350 e. The Labute approximate surface area is 72.1 Å². The van der Waals surface area contributed by atoms with Crippen LogP contribution in [0.15, 0.2) is 6.07 Å². The van der Waals surface area contributed by atoms with E-state index in [1.165, 1.54) is 11.4 Å². The lowest BCUT2D eigenvalue weighted by Crippen LogP contribution is -2.36. The molecule has 0 aromatic carbocycles. The molecule has 1 heterocycles. The summed E-state index contributed by atoms with van der Waals surface area (Å²) in [6, 6.07) is 2.12. The lowest BCUT2D eigenvalue weighted by molar-refractivity contribution is -0.689. The number of aromatic nitrogens is 2. The monoisotopic (exact) mass is 169 g/mol. The van der Waals surface area contributed by atoms with Crippen LogP contribution in [0.5, 0.6) is 0 Å². The summed E-state index contributed by atoms with van der Waals surface area (Å²) in [5, 5.41) is 0. The third-order valence-electron chi connectivity index (χ3n) is 2.05. The van der Waals surface area contributed by atoms with Crippen molar-refractivity contribution in [3.05, 3.63) is 22.2 Å². The van der Waals surface area contributed by atoms with E-state index in [4.69, 9.17) is 12.2 Å². The van der Waals surface area contributed by atoms with Gasteiger partial charge in [-0.25, -0.2) is 9.13 Å². The highest BCUT2D eigenvalue weighted by Crippen LogP contribution is 1.96. The second-order valence-electron chi connectivity index (χ2n) is 2.83. The molecule has 0 saturated carbocycles. The highest BCUT2D eigenvalue weighted by molar-refractivity contribution is 7.71. The SMILES string of the molecule is Cc1cc(C)[n+](C)c(=S)n1C. The van der Waals surface area contributed by atoms with Crippen LogP contribution in [0.1, 0.15) is 11.4 Å². The summed E-state index contributed by atoms with van der Waals surface area (Å²) in [6.45, 7) is 4.12. The molecule has 0 aliphatic rings. The van der Waals surface area contributed by atoms with Crippen LogP contribution >= 0.6 is 12.2 Å². The molecule has 0 unspecified atom stereocenters. The Morgan fingerprint density at radius 1 is 1.45 bits per heavy atom. The van der Waals surface area contributed by atoms with E-state index in [2.05, 4.69) is 19.9 Å². The van der Waals surface area contributed by atoms with E-state index < -0.39 is 0 Å². The van der Waals surface area contributed by atoms with Gasteiger partial charge in [0, 0.05) is 18.3 Å². The number of hydrogen-bond donors (Lipinski definition) is 0. The van der Waals surface area contributed by atoms with Crippen LogP contribution < -0.4 is 4.57 Å². The minimum atomic E-state index is 0.863. The molecule has 0 spiro atoms. The lowest BCUT2D eigenvalue weighted by atomic mass is 10.3. The van der Waals surface area contributed by atoms with E-state index in [-0.39, 0.29) is 0 Å². The minimum Gasteiger partial charge on any atom is -0.224 e. The van der Waals surface area contributed by atoms with Gasteiger partial charge in [0.1, 0.15) is 11.4 Å². The van der Waals surface area contributed by atoms with Crippen LogP contribution in [0.2, 0.25) is 0 Å². The van der Waals surface area contributed by atoms with E-state index in [0.29, 0.717) is 0 Å². The Bertz CT molecular complexity index is 309. The van der Waals surface area contributed by atoms with Crippen molar-refractivity contribution in [3.63, 3.8) is 0 Å². The predicted molar refractivity (Wildman–Crippen MR) is 46.9 cm³/mol. The van der Waals surface area contributed by atoms with Gasteiger partial charge in [-0.05, 0) is 13.8 Å². The normalized spacial score (nSPS) is 10.2. The Balaban J connectivity index is 3.59. The minimum absolute atomic E-state index is 0.863. The summed E-state index contributed by atoms with van der Waals surface area (Å²) < 4.78 is 4.87. The first-order valence-electron chi connectivity index (χ1n) is 3.57. The topological polar surface area (TPSA) is 8.81 Å². The first-order chi connectivity index (χ1) is 5.04. The molecular formula is C8H13N2S+. The summed E-state index contributed by atoms with van der Waals surface area (Å²) in [7, 11) is 3.97. The zero-order chi connectivity index (χ0) is 8.59. The lowest BCUT2D eigenvalue weighted by Gasteiger charge is -2.02. The van der Waals surface area contributed by atoms with E-state index in [1.54, 1.807) is 0 Å². The molecule has 0 aliphatic heterocycles. The molecule has 0 fully saturated rings. The van der Waals surface area contributed by atoms with Gasteiger partial charge in [0.05, 0.1) is 14.1 Å². The average molecular weight is 169 g/mol. The molecular weight excluding hydrogens is 156 g/mol. The van der Waals surface area contributed by atoms with E-state index in [1.807, 2.05) is 23.2 Å². The molecule has 0 bridgehead atoms. The van der Waals surface area contributed by atoms with Crippen molar-refractivity contribution >= 4 is 12.2 Å². The summed E-state index contributed by atoms with van der Waals surface area (Å²) >= 11 is 5.20. The first kappa shape index (κ1) is 8.40. The zero-order valence-corrected chi connectivity index (χ0v) is 8.20. The highest BCUT2D eigenvalue weighted by Gasteiger charge is 2.05. The Morgan fingerprint density at radius 3 is 2.55 bits per heavy atom. The Hall–Kier alpha value is -0.700. The van der Waals surface area contributed by atoms with Crippen molar-refractivity contribution < 1.29 is 4.57 Å². The van der Waals surface area contributed by atoms with Crippen LogP contribution in [0.4, 0.5) is 0 Å². The largest absolute Gasteiger partial charge is 0.350 e. The molecule has 1 rings (SSSR count). The highest BCUT2D eigenvalue weighted by atomic mass is 32.1. The molecule has 1 aromatic heterocycles. The van der Waals surface area contributed by atoms with Crippen LogP contribution in [0.3, 0.4) is 0 Å². The van der Waals surface area contributed by atoms with Gasteiger partial charge in [-0.2, -0.15) is 0 Å². The first-order valence-corrected chi connectivity index (χ1v) is 3.98. The average Bonchev–Trinajstić information content (AvgIpc) is 1.97. The fraction of sp³-hybridized carbons (Fsp3) is 0.500. The molecule has 0 aliphatic carbocycles. The maximum atomic E-state index is 5.20. The van der Waals surface area contributed by atoms with Crippen molar-refractivity contribution in [1.29, 1.82) is 0 Å². The standard InChI is InChI=1S/C8H13N2S/c1-6-5-7(2)10(4)8(11)9(6)3/h5H,1-4H3/q+1. The van der Waals surface area contributed by atoms with E-state index in [9.17, 15) is 0 Å². The molecule has 11 heavy (non-hydrogen) atoms. The van der Waals surface area contributed by atoms with Gasteiger partial charge in [-0.15, -0.1) is 0 Å². The van der Waals surface area contributed by atoms with Gasteiger partial charge in [-0.1, -0.05) is 0 Å². The number of aryl methyl sites for hydroxylation is 2. The van der Waals surface area contributed by atoms with Gasteiger partial charge < -0.3 is 0 Å². The number of hydrogen-bond acceptors (Lipinski definition) is 1. The van der Waals surface area contributed by atoms with E-state index in [0.717, 1.165) is 4.77 Å². The van der Waals surface area contributed by atoms with Gasteiger partial charge in [0.2, 0.25) is 0 Å². The van der Waals surface area contributed by atoms with Crippen LogP contribution in [0, 0.1) is 18.6 Å². The second kappa shape index (κ2) is 2.74.